The van der Waals surface area contributed by atoms with Crippen molar-refractivity contribution in [2.24, 2.45) is 5.10 Å². The Morgan fingerprint density at radius 1 is 1.14 bits per heavy atom. The molecular weight excluding hydrogens is 284 g/mol. The fourth-order valence-corrected chi connectivity index (χ4v) is 1.92. The predicted octanol–water partition coefficient (Wildman–Crippen LogP) is 1.79. The molecule has 0 amide bonds. The van der Waals surface area contributed by atoms with Crippen molar-refractivity contribution in [1.82, 2.24) is 9.71 Å². The van der Waals surface area contributed by atoms with Crippen LogP contribution in [0, 0.1) is 0 Å². The molecule has 0 saturated carbocycles. The van der Waals surface area contributed by atoms with Crippen molar-refractivity contribution < 1.29 is 10.3 Å². The van der Waals surface area contributed by atoms with Crippen molar-refractivity contribution >= 4 is 23.1 Å². The van der Waals surface area contributed by atoms with Crippen LogP contribution in [0.15, 0.2) is 58.4 Å². The van der Waals surface area contributed by atoms with Crippen molar-refractivity contribution in [3.63, 3.8) is 0 Å². The van der Waals surface area contributed by atoms with Crippen LogP contribution in [0.1, 0.15) is 5.56 Å². The lowest BCUT2D eigenvalue weighted by molar-refractivity contribution is 0.179. The first kappa shape index (κ1) is 13.6. The number of nitrogens with one attached hydrogen (secondary N) is 1. The summed E-state index contributed by atoms with van der Waals surface area (Å²) in [6, 6.07) is 13.1. The average Bonchev–Trinajstić information content (AvgIpc) is 2.54. The van der Waals surface area contributed by atoms with Gasteiger partial charge < -0.3 is 10.3 Å². The Hall–Kier alpha value is -3.35. The Morgan fingerprint density at radius 2 is 1.86 bits per heavy atom. The van der Waals surface area contributed by atoms with E-state index in [1.54, 1.807) is 36.4 Å². The van der Waals surface area contributed by atoms with E-state index >= 15 is 0 Å². The van der Waals surface area contributed by atoms with Crippen LogP contribution in [-0.2, 0) is 0 Å². The van der Waals surface area contributed by atoms with Crippen LogP contribution in [-0.4, -0.2) is 26.2 Å². The Balaban J connectivity index is 1.89. The van der Waals surface area contributed by atoms with Gasteiger partial charge in [-0.15, -0.1) is 4.73 Å². The molecule has 1 heterocycles. The summed E-state index contributed by atoms with van der Waals surface area (Å²) in [5, 5.41) is 23.2. The molecule has 0 aliphatic carbocycles. The minimum Gasteiger partial charge on any atom is -0.508 e. The molecule has 0 aliphatic heterocycles. The Labute approximate surface area is 124 Å². The number of nitrogens with zero attached hydrogens (tertiary/aromatic N) is 3. The molecule has 0 fully saturated rings. The van der Waals surface area contributed by atoms with Crippen LogP contribution in [0.2, 0.25) is 0 Å². The van der Waals surface area contributed by atoms with Gasteiger partial charge in [0.2, 0.25) is 0 Å². The van der Waals surface area contributed by atoms with E-state index in [1.807, 2.05) is 0 Å². The largest absolute Gasteiger partial charge is 0.508 e. The molecule has 0 atom stereocenters. The number of anilines is 1. The second kappa shape index (κ2) is 5.57. The minimum absolute atomic E-state index is 0.0845. The SMILES string of the molecule is O=c1c2ccccc2nc(N/N=C/c2ccc(O)cc2)n1O. The predicted molar refractivity (Wildman–Crippen MR) is 82.5 cm³/mol. The molecule has 2 aromatic carbocycles. The van der Waals surface area contributed by atoms with Gasteiger partial charge in [0.1, 0.15) is 5.75 Å². The summed E-state index contributed by atoms with van der Waals surface area (Å²) in [6.45, 7) is 0. The lowest BCUT2D eigenvalue weighted by Crippen LogP contribution is -2.22. The van der Waals surface area contributed by atoms with Crippen LogP contribution >= 0.6 is 0 Å². The standard InChI is InChI=1S/C15H12N4O3/c20-11-7-5-10(6-8-11)9-16-18-15-17-13-4-2-1-3-12(13)14(21)19(15)22/h1-9,20,22H,(H,17,18)/b16-9+. The van der Waals surface area contributed by atoms with Crippen molar-refractivity contribution in [3.8, 4) is 5.75 Å². The molecule has 0 radical (unpaired) electrons. The Kier molecular flexibility index (Phi) is 3.45. The fraction of sp³-hybridized carbons (Fsp3) is 0. The number of aromatic nitrogens is 2. The van der Waals surface area contributed by atoms with E-state index in [4.69, 9.17) is 0 Å². The van der Waals surface area contributed by atoms with Crippen molar-refractivity contribution in [2.45, 2.75) is 0 Å². The molecule has 7 nitrogen and oxygen atoms in total. The van der Waals surface area contributed by atoms with Gasteiger partial charge in [-0.3, -0.25) is 4.79 Å². The number of para-hydroxylation sites is 1. The molecule has 0 unspecified atom stereocenters. The van der Waals surface area contributed by atoms with Gasteiger partial charge in [-0.2, -0.15) is 5.10 Å². The zero-order chi connectivity index (χ0) is 15.5. The number of phenolic OH excluding ortho intramolecular Hbond substituents is 1. The molecule has 0 saturated heterocycles. The lowest BCUT2D eigenvalue weighted by Gasteiger charge is -2.06. The quantitative estimate of drug-likeness (QED) is 0.389. The molecule has 3 rings (SSSR count). The number of fused-ring (bicyclic) bond motifs is 1. The van der Waals surface area contributed by atoms with Gasteiger partial charge in [-0.05, 0) is 42.0 Å². The molecule has 110 valence electrons. The van der Waals surface area contributed by atoms with Gasteiger partial charge in [0.25, 0.3) is 11.5 Å². The summed E-state index contributed by atoms with van der Waals surface area (Å²) in [4.78, 5) is 16.1. The molecule has 1 aromatic heterocycles. The third-order valence-corrected chi connectivity index (χ3v) is 3.03. The minimum atomic E-state index is -0.576. The highest BCUT2D eigenvalue weighted by atomic mass is 16.5. The molecule has 0 bridgehead atoms. The molecule has 7 heteroatoms. The molecule has 22 heavy (non-hydrogen) atoms. The third-order valence-electron chi connectivity index (χ3n) is 3.03. The highest BCUT2D eigenvalue weighted by Gasteiger charge is 2.08. The maximum absolute atomic E-state index is 12.0. The number of benzene rings is 2. The highest BCUT2D eigenvalue weighted by Crippen LogP contribution is 2.10. The average molecular weight is 296 g/mol. The van der Waals surface area contributed by atoms with Crippen LogP contribution in [0.25, 0.3) is 10.9 Å². The number of hydrogen-bond acceptors (Lipinski definition) is 6. The summed E-state index contributed by atoms with van der Waals surface area (Å²) < 4.78 is 0.413. The van der Waals surface area contributed by atoms with Gasteiger partial charge >= 0.3 is 0 Å². The van der Waals surface area contributed by atoms with E-state index < -0.39 is 5.56 Å². The zero-order valence-corrected chi connectivity index (χ0v) is 11.3. The second-order valence-electron chi connectivity index (χ2n) is 4.53. The Bertz CT molecular complexity index is 901. The summed E-state index contributed by atoms with van der Waals surface area (Å²) >= 11 is 0. The summed E-state index contributed by atoms with van der Waals surface area (Å²) in [6.07, 6.45) is 1.47. The van der Waals surface area contributed by atoms with Crippen LogP contribution < -0.4 is 11.0 Å². The molecule has 0 spiro atoms. The summed E-state index contributed by atoms with van der Waals surface area (Å²) in [5.41, 5.74) is 3.13. The van der Waals surface area contributed by atoms with Crippen molar-refractivity contribution in [3.05, 3.63) is 64.4 Å². The van der Waals surface area contributed by atoms with Crippen molar-refractivity contribution in [2.75, 3.05) is 5.43 Å². The zero-order valence-electron chi connectivity index (χ0n) is 11.3. The Morgan fingerprint density at radius 3 is 2.64 bits per heavy atom. The molecule has 3 N–H and O–H groups in total. The number of aromatic hydroxyl groups is 1. The third kappa shape index (κ3) is 2.59. The molecule has 0 aliphatic rings. The lowest BCUT2D eigenvalue weighted by atomic mass is 10.2. The summed E-state index contributed by atoms with van der Waals surface area (Å²) in [7, 11) is 0. The van der Waals surface area contributed by atoms with E-state index in [2.05, 4.69) is 15.5 Å². The van der Waals surface area contributed by atoms with Gasteiger partial charge in [0.15, 0.2) is 0 Å². The number of phenols is 1. The van der Waals surface area contributed by atoms with E-state index in [-0.39, 0.29) is 11.7 Å². The smallest absolute Gasteiger partial charge is 0.295 e. The maximum atomic E-state index is 12.0. The van der Waals surface area contributed by atoms with Gasteiger partial charge in [0.05, 0.1) is 17.1 Å². The molecular formula is C15H12N4O3. The normalized spacial score (nSPS) is 11.1. The second-order valence-corrected chi connectivity index (χ2v) is 4.53. The fourth-order valence-electron chi connectivity index (χ4n) is 1.92. The van der Waals surface area contributed by atoms with E-state index in [0.29, 0.717) is 15.6 Å². The molecule has 3 aromatic rings. The first-order valence-electron chi connectivity index (χ1n) is 6.44. The van der Waals surface area contributed by atoms with E-state index in [9.17, 15) is 15.1 Å². The van der Waals surface area contributed by atoms with Crippen LogP contribution in [0.4, 0.5) is 5.95 Å². The topological polar surface area (TPSA) is 99.7 Å². The summed E-state index contributed by atoms with van der Waals surface area (Å²) in [5.74, 6) is 0.0734. The first-order chi connectivity index (χ1) is 10.6. The van der Waals surface area contributed by atoms with Crippen LogP contribution in [0.3, 0.4) is 0 Å². The van der Waals surface area contributed by atoms with E-state index in [1.165, 1.54) is 18.3 Å². The van der Waals surface area contributed by atoms with Gasteiger partial charge in [-0.25, -0.2) is 10.4 Å². The van der Waals surface area contributed by atoms with E-state index in [0.717, 1.165) is 5.56 Å². The first-order valence-corrected chi connectivity index (χ1v) is 6.44. The number of hydrogen-bond donors (Lipinski definition) is 3. The van der Waals surface area contributed by atoms with Crippen LogP contribution in [0.5, 0.6) is 5.75 Å². The van der Waals surface area contributed by atoms with Crippen molar-refractivity contribution in [1.29, 1.82) is 0 Å². The van der Waals surface area contributed by atoms with Gasteiger partial charge in [-0.1, -0.05) is 12.1 Å². The monoisotopic (exact) mass is 296 g/mol. The highest BCUT2D eigenvalue weighted by molar-refractivity contribution is 5.81. The number of hydrazone groups is 1. The maximum Gasteiger partial charge on any atom is 0.295 e. The number of rotatable bonds is 3. The van der Waals surface area contributed by atoms with Gasteiger partial charge in [0, 0.05) is 0 Å².